The summed E-state index contributed by atoms with van der Waals surface area (Å²) in [5, 5.41) is 3.90. The van der Waals surface area contributed by atoms with Gasteiger partial charge in [-0.25, -0.2) is 13.6 Å². The molecule has 2 atom stereocenters. The van der Waals surface area contributed by atoms with E-state index in [4.69, 9.17) is 0 Å². The van der Waals surface area contributed by atoms with Crippen LogP contribution in [0.5, 0.6) is 0 Å². The van der Waals surface area contributed by atoms with Crippen molar-refractivity contribution in [2.24, 2.45) is 10.9 Å². The first-order chi connectivity index (χ1) is 13.1. The number of carbonyl (C=O) groups is 2. The van der Waals surface area contributed by atoms with Crippen LogP contribution in [0.3, 0.4) is 0 Å². The van der Waals surface area contributed by atoms with E-state index in [0.717, 1.165) is 10.8 Å². The number of likely N-dealkylation sites (tertiary alicyclic amines) is 1. The Kier molecular flexibility index (Phi) is 8.93. The number of halogens is 3. The summed E-state index contributed by atoms with van der Waals surface area (Å²) in [6.07, 6.45) is 0.119. The van der Waals surface area contributed by atoms with Gasteiger partial charge in [0.2, 0.25) is 3.79 Å². The van der Waals surface area contributed by atoms with Gasteiger partial charge in [-0.2, -0.15) is 0 Å². The molecule has 2 heterocycles. The van der Waals surface area contributed by atoms with E-state index in [1.54, 1.807) is 46.3 Å². The van der Waals surface area contributed by atoms with Crippen molar-refractivity contribution < 1.29 is 18.4 Å². The summed E-state index contributed by atoms with van der Waals surface area (Å²) >= 11 is 3.42. The number of piperidine rings is 1. The third-order valence-electron chi connectivity index (χ3n) is 4.95. The van der Waals surface area contributed by atoms with Gasteiger partial charge < -0.3 is 15.1 Å². The highest BCUT2D eigenvalue weighted by molar-refractivity contribution is 14.1. The minimum Gasteiger partial charge on any atom is -0.327 e. The third kappa shape index (κ3) is 7.40. The maximum absolute atomic E-state index is 13.2. The minimum atomic E-state index is -2.58. The van der Waals surface area contributed by atoms with Crippen LogP contribution in [0.2, 0.25) is 0 Å². The first-order valence-electron chi connectivity index (χ1n) is 9.59. The monoisotopic (exact) mass is 530 g/mol. The Labute approximate surface area is 183 Å². The molecule has 2 amide bonds. The molecule has 0 saturated carbocycles. The number of hydrogen-bond donors (Lipinski definition) is 1. The molecule has 0 aromatic rings. The van der Waals surface area contributed by atoms with Crippen molar-refractivity contribution in [3.05, 3.63) is 0 Å². The molecule has 2 unspecified atom stereocenters. The number of aliphatic imine (C=N–C) groups is 1. The van der Waals surface area contributed by atoms with E-state index in [-0.39, 0.29) is 28.7 Å². The van der Waals surface area contributed by atoms with Crippen LogP contribution in [0.15, 0.2) is 4.99 Å². The lowest BCUT2D eigenvalue weighted by Gasteiger charge is -2.32. The van der Waals surface area contributed by atoms with Crippen LogP contribution in [-0.4, -0.2) is 81.7 Å². The average molecular weight is 530 g/mol. The van der Waals surface area contributed by atoms with Gasteiger partial charge in [-0.05, 0) is 6.42 Å². The quantitative estimate of drug-likeness (QED) is 0.387. The van der Waals surface area contributed by atoms with Gasteiger partial charge in [0.15, 0.2) is 0 Å². The Morgan fingerprint density at radius 2 is 2.04 bits per heavy atom. The lowest BCUT2D eigenvalue weighted by Crippen LogP contribution is -2.49. The molecule has 10 heteroatoms. The number of nitrogens with zero attached hydrogens (tertiary/aromatic N) is 3. The number of carbonyl (C=O) groups excluding carboxylic acids is 2. The average Bonchev–Trinajstić information content (AvgIpc) is 3.08. The summed E-state index contributed by atoms with van der Waals surface area (Å²) in [6, 6.07) is -0.856. The fraction of sp³-hybridized carbons (Fsp3) is 0.833. The van der Waals surface area contributed by atoms with Crippen LogP contribution in [0.25, 0.3) is 0 Å². The van der Waals surface area contributed by atoms with Crippen molar-refractivity contribution in [2.45, 2.75) is 51.1 Å². The number of hydrogen-bond acceptors (Lipinski definition) is 5. The van der Waals surface area contributed by atoms with E-state index in [9.17, 15) is 18.4 Å². The summed E-state index contributed by atoms with van der Waals surface area (Å²) in [4.78, 5) is 32.6. The Bertz CT molecular complexity index is 596. The molecule has 0 aliphatic carbocycles. The molecule has 6 nitrogen and oxygen atoms in total. The summed E-state index contributed by atoms with van der Waals surface area (Å²) < 4.78 is 26.3. The molecule has 0 aromatic carbocycles. The van der Waals surface area contributed by atoms with Crippen molar-refractivity contribution in [1.82, 2.24) is 15.1 Å². The van der Waals surface area contributed by atoms with E-state index >= 15 is 0 Å². The number of nitrogens with one attached hydrogen (secondary N) is 1. The predicted octanol–water partition coefficient (Wildman–Crippen LogP) is 3.25. The van der Waals surface area contributed by atoms with Crippen molar-refractivity contribution >= 4 is 49.2 Å². The molecule has 2 aliphatic rings. The van der Waals surface area contributed by atoms with Gasteiger partial charge in [0.25, 0.3) is 5.92 Å². The maximum Gasteiger partial charge on any atom is 0.317 e. The fourth-order valence-corrected chi connectivity index (χ4v) is 4.73. The zero-order valence-electron chi connectivity index (χ0n) is 16.6. The third-order valence-corrected chi connectivity index (χ3v) is 7.13. The molecule has 0 bridgehead atoms. The highest BCUT2D eigenvalue weighted by atomic mass is 127. The molecule has 2 aliphatic heterocycles. The van der Waals surface area contributed by atoms with Crippen molar-refractivity contribution in [3.63, 3.8) is 0 Å². The molecule has 0 radical (unpaired) electrons. The van der Waals surface area contributed by atoms with E-state index in [1.165, 1.54) is 0 Å². The Morgan fingerprint density at radius 3 is 2.57 bits per heavy atom. The molecule has 0 spiro atoms. The highest BCUT2D eigenvalue weighted by Crippen LogP contribution is 2.27. The molecule has 28 heavy (non-hydrogen) atoms. The molecule has 1 fully saturated rings. The largest absolute Gasteiger partial charge is 0.327 e. The lowest BCUT2D eigenvalue weighted by atomic mass is 10.1. The number of alkyl halides is 2. The molecule has 2 rings (SSSR count). The van der Waals surface area contributed by atoms with E-state index < -0.39 is 12.0 Å². The lowest BCUT2D eigenvalue weighted by molar-refractivity contribution is -0.111. The zero-order valence-corrected chi connectivity index (χ0v) is 19.6. The van der Waals surface area contributed by atoms with Gasteiger partial charge in [0.1, 0.15) is 6.04 Å². The van der Waals surface area contributed by atoms with Crippen LogP contribution >= 0.6 is 34.4 Å². The first-order valence-corrected chi connectivity index (χ1v) is 11.7. The fourth-order valence-electron chi connectivity index (χ4n) is 3.16. The summed E-state index contributed by atoms with van der Waals surface area (Å²) in [5.41, 5.74) is 0. The topological polar surface area (TPSA) is 65.0 Å². The SMILES string of the molecule is CC(C)C1=NC(CN(C)C(=O)NC(CCN2CCC(F)(F)CC2)C(=O)I)CS1. The van der Waals surface area contributed by atoms with Crippen LogP contribution < -0.4 is 5.32 Å². The van der Waals surface area contributed by atoms with Crippen LogP contribution in [-0.2, 0) is 4.79 Å². The van der Waals surface area contributed by atoms with Crippen LogP contribution in [0.1, 0.15) is 33.1 Å². The summed E-state index contributed by atoms with van der Waals surface area (Å²) in [5.74, 6) is -1.33. The second-order valence-corrected chi connectivity index (χ2v) is 9.86. The smallest absolute Gasteiger partial charge is 0.317 e. The first kappa shape index (κ1) is 23.8. The van der Waals surface area contributed by atoms with Gasteiger partial charge in [0, 0.05) is 80.3 Å². The maximum atomic E-state index is 13.2. The van der Waals surface area contributed by atoms with Gasteiger partial charge in [0.05, 0.1) is 11.1 Å². The summed E-state index contributed by atoms with van der Waals surface area (Å²) in [7, 11) is 1.70. The van der Waals surface area contributed by atoms with Gasteiger partial charge in [-0.3, -0.25) is 9.79 Å². The van der Waals surface area contributed by atoms with E-state index in [2.05, 4.69) is 24.2 Å². The summed E-state index contributed by atoms with van der Waals surface area (Å²) in [6.45, 7) is 5.85. The standard InChI is InChI=1S/C18H29F2IN4O2S/c1-12(2)16-22-13(11-28-16)10-24(3)17(27)23-14(15(21)26)4-7-25-8-5-18(19,20)6-9-25/h12-14H,4-11H2,1-3H3,(H,23,27). The Balaban J connectivity index is 1.79. The highest BCUT2D eigenvalue weighted by Gasteiger charge is 2.34. The van der Waals surface area contributed by atoms with E-state index in [0.29, 0.717) is 38.5 Å². The number of rotatable bonds is 8. The minimum absolute atomic E-state index is 0.0712. The normalized spacial score (nSPS) is 23.4. The van der Waals surface area contributed by atoms with Crippen molar-refractivity contribution in [2.75, 3.05) is 39.0 Å². The van der Waals surface area contributed by atoms with Crippen LogP contribution in [0.4, 0.5) is 13.6 Å². The van der Waals surface area contributed by atoms with Gasteiger partial charge >= 0.3 is 6.03 Å². The number of thioether (sulfide) groups is 1. The zero-order chi connectivity index (χ0) is 20.9. The molecule has 1 N–H and O–H groups in total. The second-order valence-electron chi connectivity index (χ2n) is 7.76. The molecular weight excluding hydrogens is 501 g/mol. The molecule has 1 saturated heterocycles. The van der Waals surface area contributed by atoms with Gasteiger partial charge in [-0.15, -0.1) is 11.8 Å². The van der Waals surface area contributed by atoms with Crippen LogP contribution in [0, 0.1) is 5.92 Å². The molecule has 160 valence electrons. The predicted molar refractivity (Wildman–Crippen MR) is 118 cm³/mol. The molecule has 0 aromatic heterocycles. The number of urea groups is 1. The number of amides is 2. The van der Waals surface area contributed by atoms with Crippen molar-refractivity contribution in [1.29, 1.82) is 0 Å². The molecular formula is C18H29F2IN4O2S. The van der Waals surface area contributed by atoms with E-state index in [1.807, 2.05) is 4.90 Å². The number of likely N-dealkylation sites (N-methyl/N-ethyl adjacent to an activating group) is 1. The second kappa shape index (κ2) is 10.5. The van der Waals surface area contributed by atoms with Crippen molar-refractivity contribution in [3.8, 4) is 0 Å². The van der Waals surface area contributed by atoms with Gasteiger partial charge in [-0.1, -0.05) is 13.8 Å². The Hall–Kier alpha value is -0.490. The Morgan fingerprint density at radius 1 is 1.39 bits per heavy atom.